The van der Waals surface area contributed by atoms with E-state index in [1.807, 2.05) is 25.3 Å². The smallest absolute Gasteiger partial charge is 0.164 e. The Hall–Kier alpha value is -0.670. The maximum Gasteiger partial charge on any atom is 0.164 e. The molecule has 2 nitrogen and oxygen atoms in total. The van der Waals surface area contributed by atoms with Gasteiger partial charge >= 0.3 is 0 Å². The molecule has 0 radical (unpaired) electrons. The minimum Gasteiger partial charge on any atom is -0.384 e. The Labute approximate surface area is 88.9 Å². The highest BCUT2D eigenvalue weighted by Gasteiger charge is 2.13. The predicted octanol–water partition coefficient (Wildman–Crippen LogP) is 2.91. The first-order valence-electron chi connectivity index (χ1n) is 4.71. The summed E-state index contributed by atoms with van der Waals surface area (Å²) >= 11 is 1.62. The van der Waals surface area contributed by atoms with E-state index in [9.17, 15) is 4.79 Å². The van der Waals surface area contributed by atoms with Crippen LogP contribution in [0, 0.1) is 12.8 Å². The third-order valence-corrected chi connectivity index (χ3v) is 2.99. The Morgan fingerprint density at radius 3 is 2.86 bits per heavy atom. The van der Waals surface area contributed by atoms with Crippen LogP contribution in [0.1, 0.15) is 28.6 Å². The summed E-state index contributed by atoms with van der Waals surface area (Å²) in [4.78, 5) is 12.9. The zero-order valence-corrected chi connectivity index (χ0v) is 9.69. The molecule has 0 spiro atoms. The number of Topliss-reactive ketones (excluding diaryl/α,β-unsaturated/α-hetero) is 1. The van der Waals surface area contributed by atoms with Crippen LogP contribution in [-0.2, 0) is 4.74 Å². The van der Waals surface area contributed by atoms with Crippen LogP contribution in [0.4, 0.5) is 0 Å². The van der Waals surface area contributed by atoms with Crippen LogP contribution in [0.5, 0.6) is 0 Å². The molecule has 78 valence electrons. The van der Waals surface area contributed by atoms with Gasteiger partial charge < -0.3 is 4.74 Å². The van der Waals surface area contributed by atoms with Gasteiger partial charge in [0.05, 0.1) is 0 Å². The highest BCUT2D eigenvalue weighted by molar-refractivity contribution is 7.10. The SMILES string of the molecule is COCC(C)CC(=O)c1ccsc1C. The van der Waals surface area contributed by atoms with Gasteiger partial charge in [-0.1, -0.05) is 6.92 Å². The summed E-state index contributed by atoms with van der Waals surface area (Å²) < 4.78 is 5.00. The average molecular weight is 212 g/mol. The van der Waals surface area contributed by atoms with Gasteiger partial charge in [-0.15, -0.1) is 11.3 Å². The molecule has 1 atom stereocenters. The molecule has 1 heterocycles. The van der Waals surface area contributed by atoms with E-state index in [1.165, 1.54) is 0 Å². The second kappa shape index (κ2) is 5.27. The molecule has 1 aromatic heterocycles. The quantitative estimate of drug-likeness (QED) is 0.701. The van der Waals surface area contributed by atoms with Crippen LogP contribution in [-0.4, -0.2) is 19.5 Å². The summed E-state index contributed by atoms with van der Waals surface area (Å²) in [5, 5.41) is 1.96. The minimum absolute atomic E-state index is 0.230. The fourth-order valence-corrected chi connectivity index (χ4v) is 2.16. The van der Waals surface area contributed by atoms with Crippen molar-refractivity contribution in [1.82, 2.24) is 0 Å². The van der Waals surface area contributed by atoms with Crippen LogP contribution in [0.25, 0.3) is 0 Å². The van der Waals surface area contributed by atoms with E-state index in [4.69, 9.17) is 4.74 Å². The molecule has 0 aliphatic heterocycles. The molecule has 0 saturated carbocycles. The second-order valence-electron chi connectivity index (χ2n) is 3.58. The van der Waals surface area contributed by atoms with Gasteiger partial charge in [0.15, 0.2) is 5.78 Å². The van der Waals surface area contributed by atoms with E-state index in [0.29, 0.717) is 18.9 Å². The standard InChI is InChI=1S/C11H16O2S/c1-8(7-13-3)6-11(12)10-4-5-14-9(10)2/h4-5,8H,6-7H2,1-3H3. The van der Waals surface area contributed by atoms with Crippen LogP contribution < -0.4 is 0 Å². The highest BCUT2D eigenvalue weighted by Crippen LogP contribution is 2.18. The maximum atomic E-state index is 11.8. The van der Waals surface area contributed by atoms with E-state index >= 15 is 0 Å². The summed E-state index contributed by atoms with van der Waals surface area (Å²) in [6, 6.07) is 1.90. The van der Waals surface area contributed by atoms with Gasteiger partial charge in [0.25, 0.3) is 0 Å². The molecule has 3 heteroatoms. The molecule has 1 rings (SSSR count). The molecule has 0 amide bonds. The molecule has 0 aromatic carbocycles. The van der Waals surface area contributed by atoms with Gasteiger partial charge in [-0.05, 0) is 24.3 Å². The number of hydrogen-bond acceptors (Lipinski definition) is 3. The Kier molecular flexibility index (Phi) is 4.29. The van der Waals surface area contributed by atoms with Crippen molar-refractivity contribution in [2.45, 2.75) is 20.3 Å². The number of carbonyl (C=O) groups excluding carboxylic acids is 1. The van der Waals surface area contributed by atoms with Crippen molar-refractivity contribution >= 4 is 17.1 Å². The Morgan fingerprint density at radius 1 is 1.64 bits per heavy atom. The lowest BCUT2D eigenvalue weighted by Crippen LogP contribution is -2.10. The summed E-state index contributed by atoms with van der Waals surface area (Å²) in [6.45, 7) is 4.66. The van der Waals surface area contributed by atoms with Gasteiger partial charge in [0.2, 0.25) is 0 Å². The number of hydrogen-bond donors (Lipinski definition) is 0. The molecular weight excluding hydrogens is 196 g/mol. The largest absolute Gasteiger partial charge is 0.384 e. The van der Waals surface area contributed by atoms with E-state index in [0.717, 1.165) is 10.4 Å². The molecule has 0 saturated heterocycles. The van der Waals surface area contributed by atoms with Gasteiger partial charge in [0, 0.05) is 30.6 Å². The molecule has 1 unspecified atom stereocenters. The van der Waals surface area contributed by atoms with E-state index < -0.39 is 0 Å². The Bertz CT molecular complexity index is 304. The molecule has 0 bridgehead atoms. The zero-order chi connectivity index (χ0) is 10.6. The van der Waals surface area contributed by atoms with E-state index in [1.54, 1.807) is 18.4 Å². The zero-order valence-electron chi connectivity index (χ0n) is 8.87. The summed E-state index contributed by atoms with van der Waals surface area (Å²) in [5.41, 5.74) is 0.873. The molecule has 0 aliphatic rings. The number of ketones is 1. The summed E-state index contributed by atoms with van der Waals surface area (Å²) in [7, 11) is 1.66. The van der Waals surface area contributed by atoms with Gasteiger partial charge in [-0.25, -0.2) is 0 Å². The number of carbonyl (C=O) groups is 1. The lowest BCUT2D eigenvalue weighted by molar-refractivity contribution is 0.0920. The topological polar surface area (TPSA) is 26.3 Å². The van der Waals surface area contributed by atoms with Crippen molar-refractivity contribution in [3.63, 3.8) is 0 Å². The van der Waals surface area contributed by atoms with Crippen LogP contribution in [0.2, 0.25) is 0 Å². The second-order valence-corrected chi connectivity index (χ2v) is 4.70. The van der Waals surface area contributed by atoms with Crippen molar-refractivity contribution in [2.75, 3.05) is 13.7 Å². The number of ether oxygens (including phenoxy) is 1. The maximum absolute atomic E-state index is 11.8. The summed E-state index contributed by atoms with van der Waals surface area (Å²) in [5.74, 6) is 0.528. The van der Waals surface area contributed by atoms with E-state index in [2.05, 4.69) is 0 Å². The van der Waals surface area contributed by atoms with Gasteiger partial charge in [-0.3, -0.25) is 4.79 Å². The van der Waals surface area contributed by atoms with Crippen LogP contribution >= 0.6 is 11.3 Å². The third kappa shape index (κ3) is 2.93. The number of methoxy groups -OCH3 is 1. The molecule has 14 heavy (non-hydrogen) atoms. The monoisotopic (exact) mass is 212 g/mol. The summed E-state index contributed by atoms with van der Waals surface area (Å²) in [6.07, 6.45) is 0.575. The Balaban J connectivity index is 2.55. The fraction of sp³-hybridized carbons (Fsp3) is 0.545. The molecule has 0 N–H and O–H groups in total. The normalized spacial score (nSPS) is 12.8. The molecule has 0 aliphatic carbocycles. The van der Waals surface area contributed by atoms with Crippen molar-refractivity contribution < 1.29 is 9.53 Å². The minimum atomic E-state index is 0.230. The predicted molar refractivity (Wildman–Crippen MR) is 59.0 cm³/mol. The number of rotatable bonds is 5. The first-order chi connectivity index (χ1) is 6.65. The molecule has 0 fully saturated rings. The third-order valence-electron chi connectivity index (χ3n) is 2.14. The molecule has 1 aromatic rings. The van der Waals surface area contributed by atoms with Crippen LogP contribution in [0.3, 0.4) is 0 Å². The van der Waals surface area contributed by atoms with Crippen molar-refractivity contribution in [3.05, 3.63) is 21.9 Å². The van der Waals surface area contributed by atoms with E-state index in [-0.39, 0.29) is 5.78 Å². The van der Waals surface area contributed by atoms with Crippen molar-refractivity contribution in [3.8, 4) is 0 Å². The van der Waals surface area contributed by atoms with Gasteiger partial charge in [0.1, 0.15) is 0 Å². The highest BCUT2D eigenvalue weighted by atomic mass is 32.1. The first-order valence-corrected chi connectivity index (χ1v) is 5.59. The van der Waals surface area contributed by atoms with Crippen molar-refractivity contribution in [2.24, 2.45) is 5.92 Å². The number of aryl methyl sites for hydroxylation is 1. The fourth-order valence-electron chi connectivity index (χ4n) is 1.44. The first kappa shape index (κ1) is 11.4. The number of thiophene rings is 1. The van der Waals surface area contributed by atoms with Gasteiger partial charge in [-0.2, -0.15) is 0 Å². The lowest BCUT2D eigenvalue weighted by Gasteiger charge is -2.08. The van der Waals surface area contributed by atoms with Crippen molar-refractivity contribution in [1.29, 1.82) is 0 Å². The molecular formula is C11H16O2S. The average Bonchev–Trinajstić information content (AvgIpc) is 2.51. The Morgan fingerprint density at radius 2 is 2.36 bits per heavy atom. The van der Waals surface area contributed by atoms with Crippen LogP contribution in [0.15, 0.2) is 11.4 Å². The lowest BCUT2D eigenvalue weighted by atomic mass is 10.0.